The summed E-state index contributed by atoms with van der Waals surface area (Å²) in [6.07, 6.45) is 0. The summed E-state index contributed by atoms with van der Waals surface area (Å²) < 4.78 is 0. The van der Waals surface area contributed by atoms with Crippen LogP contribution >= 0.6 is 0 Å². The Morgan fingerprint density at radius 3 is 2.77 bits per heavy atom. The average Bonchev–Trinajstić information content (AvgIpc) is 2.93. The minimum Gasteiger partial charge on any atom is -0.336 e. The van der Waals surface area contributed by atoms with Gasteiger partial charge in [-0.15, -0.1) is 0 Å². The second-order valence-electron chi connectivity index (χ2n) is 6.04. The summed E-state index contributed by atoms with van der Waals surface area (Å²) >= 11 is 0. The van der Waals surface area contributed by atoms with Crippen LogP contribution in [0.25, 0.3) is 0 Å². The highest BCUT2D eigenvalue weighted by atomic mass is 16.2. The zero-order chi connectivity index (χ0) is 15.7. The van der Waals surface area contributed by atoms with E-state index in [2.05, 4.69) is 24.2 Å². The van der Waals surface area contributed by atoms with Gasteiger partial charge in [0.1, 0.15) is 0 Å². The summed E-state index contributed by atoms with van der Waals surface area (Å²) in [7, 11) is 2.07. The van der Waals surface area contributed by atoms with E-state index in [9.17, 15) is 9.59 Å². The monoisotopic (exact) mass is 302 g/mol. The van der Waals surface area contributed by atoms with E-state index in [-0.39, 0.29) is 18.0 Å². The first kappa shape index (κ1) is 14.8. The van der Waals surface area contributed by atoms with Crippen molar-refractivity contribution < 1.29 is 9.59 Å². The van der Waals surface area contributed by atoms with E-state index in [1.54, 1.807) is 4.90 Å². The fourth-order valence-electron chi connectivity index (χ4n) is 3.13. The highest BCUT2D eigenvalue weighted by Crippen LogP contribution is 2.20. The molecule has 2 saturated heterocycles. The van der Waals surface area contributed by atoms with E-state index in [0.717, 1.165) is 25.3 Å². The Bertz CT molecular complexity index is 589. The maximum Gasteiger partial charge on any atom is 0.321 e. The molecule has 0 spiro atoms. The third-order valence-electron chi connectivity index (χ3n) is 4.35. The molecule has 1 unspecified atom stereocenters. The van der Waals surface area contributed by atoms with Gasteiger partial charge in [0, 0.05) is 50.0 Å². The maximum atomic E-state index is 12.8. The number of rotatable bonds is 2. The van der Waals surface area contributed by atoms with Gasteiger partial charge in [0.15, 0.2) is 0 Å². The van der Waals surface area contributed by atoms with Gasteiger partial charge < -0.3 is 15.1 Å². The van der Waals surface area contributed by atoms with Crippen molar-refractivity contribution in [2.24, 2.45) is 0 Å². The quantitative estimate of drug-likeness (QED) is 0.886. The molecule has 1 atom stereocenters. The van der Waals surface area contributed by atoms with E-state index < -0.39 is 0 Å². The van der Waals surface area contributed by atoms with Crippen molar-refractivity contribution in [2.45, 2.75) is 13.0 Å². The van der Waals surface area contributed by atoms with Crippen LogP contribution in [0.15, 0.2) is 24.3 Å². The third kappa shape index (κ3) is 2.78. The number of anilines is 1. The van der Waals surface area contributed by atoms with Gasteiger partial charge in [-0.2, -0.15) is 0 Å². The van der Waals surface area contributed by atoms with Crippen LogP contribution in [0, 0.1) is 0 Å². The SMILES string of the molecule is CC1CN(C)CCN1C(=O)c1cccc(N2CCNC2=O)c1. The molecule has 3 amide bonds. The molecule has 1 N–H and O–H groups in total. The van der Waals surface area contributed by atoms with Crippen molar-refractivity contribution in [1.82, 2.24) is 15.1 Å². The fraction of sp³-hybridized carbons (Fsp3) is 0.500. The van der Waals surface area contributed by atoms with E-state index in [1.807, 2.05) is 29.2 Å². The number of urea groups is 1. The topological polar surface area (TPSA) is 55.9 Å². The Hall–Kier alpha value is -2.08. The number of hydrogen-bond donors (Lipinski definition) is 1. The molecule has 0 aromatic heterocycles. The zero-order valence-corrected chi connectivity index (χ0v) is 13.1. The molecule has 6 heteroatoms. The molecule has 2 aliphatic rings. The second-order valence-corrected chi connectivity index (χ2v) is 6.04. The predicted molar refractivity (Wildman–Crippen MR) is 85.2 cm³/mol. The first-order valence-corrected chi connectivity index (χ1v) is 7.71. The summed E-state index contributed by atoms with van der Waals surface area (Å²) in [5.74, 6) is 0.0436. The van der Waals surface area contributed by atoms with Crippen LogP contribution in [-0.2, 0) is 0 Å². The minimum absolute atomic E-state index is 0.0436. The smallest absolute Gasteiger partial charge is 0.321 e. The van der Waals surface area contributed by atoms with Crippen molar-refractivity contribution in [3.05, 3.63) is 29.8 Å². The lowest BCUT2D eigenvalue weighted by Crippen LogP contribution is -2.52. The van der Waals surface area contributed by atoms with Gasteiger partial charge in [-0.1, -0.05) is 6.07 Å². The van der Waals surface area contributed by atoms with Gasteiger partial charge in [-0.3, -0.25) is 9.69 Å². The lowest BCUT2D eigenvalue weighted by molar-refractivity contribution is 0.0533. The van der Waals surface area contributed by atoms with Crippen molar-refractivity contribution in [2.75, 3.05) is 44.7 Å². The van der Waals surface area contributed by atoms with Gasteiger partial charge in [0.25, 0.3) is 5.91 Å². The van der Waals surface area contributed by atoms with E-state index in [0.29, 0.717) is 18.7 Å². The Morgan fingerprint density at radius 2 is 2.09 bits per heavy atom. The number of benzene rings is 1. The summed E-state index contributed by atoms with van der Waals surface area (Å²) in [5, 5.41) is 2.78. The normalized spacial score (nSPS) is 22.8. The fourth-order valence-corrected chi connectivity index (χ4v) is 3.13. The number of nitrogens with zero attached hydrogens (tertiary/aromatic N) is 3. The van der Waals surface area contributed by atoms with Gasteiger partial charge in [-0.05, 0) is 32.2 Å². The largest absolute Gasteiger partial charge is 0.336 e. The summed E-state index contributed by atoms with van der Waals surface area (Å²) in [6.45, 7) is 5.88. The Kier molecular flexibility index (Phi) is 4.02. The van der Waals surface area contributed by atoms with Crippen molar-refractivity contribution in [3.63, 3.8) is 0 Å². The molecule has 0 radical (unpaired) electrons. The average molecular weight is 302 g/mol. The van der Waals surface area contributed by atoms with Gasteiger partial charge in [0.05, 0.1) is 0 Å². The molecule has 118 valence electrons. The van der Waals surface area contributed by atoms with Gasteiger partial charge in [0.2, 0.25) is 0 Å². The van der Waals surface area contributed by atoms with E-state index >= 15 is 0 Å². The molecule has 0 bridgehead atoms. The standard InChI is InChI=1S/C16H22N4O2/c1-12-11-18(2)8-9-19(12)15(21)13-4-3-5-14(10-13)20-7-6-17-16(20)22/h3-5,10,12H,6-9,11H2,1-2H3,(H,17,22). The summed E-state index contributed by atoms with van der Waals surface area (Å²) in [5.41, 5.74) is 1.43. The first-order chi connectivity index (χ1) is 10.6. The molecule has 22 heavy (non-hydrogen) atoms. The molecule has 2 fully saturated rings. The number of likely N-dealkylation sites (N-methyl/N-ethyl adjacent to an activating group) is 1. The minimum atomic E-state index is -0.0995. The number of hydrogen-bond acceptors (Lipinski definition) is 3. The zero-order valence-electron chi connectivity index (χ0n) is 13.1. The molecule has 1 aromatic rings. The number of nitrogens with one attached hydrogen (secondary N) is 1. The summed E-state index contributed by atoms with van der Waals surface area (Å²) in [4.78, 5) is 30.3. The van der Waals surface area contributed by atoms with Crippen LogP contribution in [0.4, 0.5) is 10.5 Å². The van der Waals surface area contributed by atoms with Crippen LogP contribution in [-0.4, -0.2) is 67.6 Å². The summed E-state index contributed by atoms with van der Waals surface area (Å²) in [6, 6.07) is 7.45. The Balaban J connectivity index is 1.79. The molecular formula is C16H22N4O2. The van der Waals surface area contributed by atoms with Crippen molar-refractivity contribution in [3.8, 4) is 0 Å². The molecule has 2 aliphatic heterocycles. The molecule has 6 nitrogen and oxygen atoms in total. The molecule has 0 saturated carbocycles. The third-order valence-corrected chi connectivity index (χ3v) is 4.35. The lowest BCUT2D eigenvalue weighted by Gasteiger charge is -2.38. The first-order valence-electron chi connectivity index (χ1n) is 7.71. The van der Waals surface area contributed by atoms with E-state index in [4.69, 9.17) is 0 Å². The molecule has 0 aliphatic carbocycles. The number of piperazine rings is 1. The molecule has 2 heterocycles. The lowest BCUT2D eigenvalue weighted by atomic mass is 10.1. The Labute approximate surface area is 130 Å². The van der Waals surface area contributed by atoms with E-state index in [1.165, 1.54) is 0 Å². The van der Waals surface area contributed by atoms with Crippen molar-refractivity contribution >= 4 is 17.6 Å². The van der Waals surface area contributed by atoms with Crippen LogP contribution in [0.5, 0.6) is 0 Å². The highest BCUT2D eigenvalue weighted by Gasteiger charge is 2.27. The van der Waals surface area contributed by atoms with Crippen LogP contribution in [0.3, 0.4) is 0 Å². The molecular weight excluding hydrogens is 280 g/mol. The van der Waals surface area contributed by atoms with Crippen molar-refractivity contribution in [1.29, 1.82) is 0 Å². The predicted octanol–water partition coefficient (Wildman–Crippen LogP) is 0.992. The second kappa shape index (κ2) is 5.96. The molecule has 1 aromatic carbocycles. The van der Waals surface area contributed by atoms with Gasteiger partial charge in [-0.25, -0.2) is 4.79 Å². The highest BCUT2D eigenvalue weighted by molar-refractivity contribution is 5.98. The number of amides is 3. The van der Waals surface area contributed by atoms with Gasteiger partial charge >= 0.3 is 6.03 Å². The molecule has 3 rings (SSSR count). The van der Waals surface area contributed by atoms with Crippen LogP contribution in [0.1, 0.15) is 17.3 Å². The Morgan fingerprint density at radius 1 is 1.27 bits per heavy atom. The number of carbonyl (C=O) groups excluding carboxylic acids is 2. The maximum absolute atomic E-state index is 12.8. The number of carbonyl (C=O) groups is 2. The van der Waals surface area contributed by atoms with Crippen LogP contribution < -0.4 is 10.2 Å². The van der Waals surface area contributed by atoms with Crippen LogP contribution in [0.2, 0.25) is 0 Å².